The van der Waals surface area contributed by atoms with E-state index in [4.69, 9.17) is 4.74 Å². The van der Waals surface area contributed by atoms with E-state index >= 15 is 0 Å². The Morgan fingerprint density at radius 1 is 1.23 bits per heavy atom. The molecule has 5 heteroatoms. The standard InChI is InChI=1S/C17H32N2O3/c1-3-9-17(21,10-4-2)12-18-16(20)19-14-6-5-7-15-13(14)8-11-22-15/h13-15,21H,3-12H2,1-2H3,(H2,18,19,20). The van der Waals surface area contributed by atoms with Crippen molar-refractivity contribution in [3.05, 3.63) is 0 Å². The van der Waals surface area contributed by atoms with E-state index < -0.39 is 5.60 Å². The average molecular weight is 312 g/mol. The Kier molecular flexibility index (Phi) is 6.50. The van der Waals surface area contributed by atoms with E-state index in [1.165, 1.54) is 0 Å². The molecule has 2 amide bonds. The minimum Gasteiger partial charge on any atom is -0.388 e. The van der Waals surface area contributed by atoms with Crippen LogP contribution < -0.4 is 10.6 Å². The number of amides is 2. The molecular weight excluding hydrogens is 280 g/mol. The zero-order valence-electron chi connectivity index (χ0n) is 14.1. The van der Waals surface area contributed by atoms with E-state index in [-0.39, 0.29) is 12.1 Å². The van der Waals surface area contributed by atoms with Gasteiger partial charge in [-0.3, -0.25) is 0 Å². The minimum atomic E-state index is -0.771. The zero-order valence-corrected chi connectivity index (χ0v) is 14.1. The Morgan fingerprint density at radius 2 is 1.95 bits per heavy atom. The molecule has 2 aliphatic rings. The number of urea groups is 1. The number of hydrogen-bond acceptors (Lipinski definition) is 3. The Labute approximate surface area is 134 Å². The molecule has 0 bridgehead atoms. The topological polar surface area (TPSA) is 70.6 Å². The predicted octanol–water partition coefficient (Wildman–Crippen LogP) is 2.57. The largest absolute Gasteiger partial charge is 0.388 e. The van der Waals surface area contributed by atoms with E-state index in [1.54, 1.807) is 0 Å². The number of carbonyl (C=O) groups is 1. The van der Waals surface area contributed by atoms with Crippen LogP contribution in [0.3, 0.4) is 0 Å². The van der Waals surface area contributed by atoms with Gasteiger partial charge in [0.1, 0.15) is 0 Å². The number of aliphatic hydroxyl groups is 1. The van der Waals surface area contributed by atoms with Crippen molar-refractivity contribution in [2.24, 2.45) is 5.92 Å². The fraction of sp³-hybridized carbons (Fsp3) is 0.941. The van der Waals surface area contributed by atoms with Crippen LogP contribution >= 0.6 is 0 Å². The lowest BCUT2D eigenvalue weighted by atomic mass is 9.82. The van der Waals surface area contributed by atoms with Gasteiger partial charge in [0.05, 0.1) is 11.7 Å². The number of fused-ring (bicyclic) bond motifs is 1. The summed E-state index contributed by atoms with van der Waals surface area (Å²) >= 11 is 0. The van der Waals surface area contributed by atoms with Gasteiger partial charge in [-0.2, -0.15) is 0 Å². The average Bonchev–Trinajstić information content (AvgIpc) is 2.95. The second kappa shape index (κ2) is 8.16. The van der Waals surface area contributed by atoms with Crippen LogP contribution in [0.4, 0.5) is 4.79 Å². The highest BCUT2D eigenvalue weighted by Crippen LogP contribution is 2.34. The lowest BCUT2D eigenvalue weighted by Gasteiger charge is -2.34. The summed E-state index contributed by atoms with van der Waals surface area (Å²) in [7, 11) is 0. The molecule has 2 fully saturated rings. The molecule has 22 heavy (non-hydrogen) atoms. The molecule has 1 aliphatic carbocycles. The van der Waals surface area contributed by atoms with Gasteiger partial charge < -0.3 is 20.5 Å². The van der Waals surface area contributed by atoms with E-state index in [2.05, 4.69) is 24.5 Å². The van der Waals surface area contributed by atoms with Gasteiger partial charge in [-0.25, -0.2) is 4.79 Å². The van der Waals surface area contributed by atoms with E-state index in [9.17, 15) is 9.90 Å². The van der Waals surface area contributed by atoms with Crippen molar-refractivity contribution >= 4 is 6.03 Å². The van der Waals surface area contributed by atoms with Crippen molar-refractivity contribution in [1.82, 2.24) is 10.6 Å². The first kappa shape index (κ1) is 17.5. The van der Waals surface area contributed by atoms with Gasteiger partial charge in [-0.05, 0) is 38.5 Å². The molecule has 0 spiro atoms. The first-order chi connectivity index (χ1) is 10.6. The van der Waals surface area contributed by atoms with Crippen LogP contribution in [-0.4, -0.2) is 42.0 Å². The molecule has 5 nitrogen and oxygen atoms in total. The molecule has 1 saturated heterocycles. The number of rotatable bonds is 7. The molecule has 128 valence electrons. The highest BCUT2D eigenvalue weighted by atomic mass is 16.5. The van der Waals surface area contributed by atoms with Gasteiger partial charge >= 0.3 is 6.03 Å². The quantitative estimate of drug-likeness (QED) is 0.676. The highest BCUT2D eigenvalue weighted by Gasteiger charge is 2.38. The Hall–Kier alpha value is -0.810. The normalized spacial score (nSPS) is 28.2. The zero-order chi connectivity index (χ0) is 16.0. The third-order valence-corrected chi connectivity index (χ3v) is 5.11. The minimum absolute atomic E-state index is 0.150. The Balaban J connectivity index is 1.79. The number of nitrogens with one attached hydrogen (secondary N) is 2. The lowest BCUT2D eigenvalue weighted by Crippen LogP contribution is -2.52. The van der Waals surface area contributed by atoms with Gasteiger partial charge in [-0.15, -0.1) is 0 Å². The summed E-state index contributed by atoms with van der Waals surface area (Å²) < 4.78 is 5.74. The Bertz CT molecular complexity index is 356. The molecule has 3 unspecified atom stereocenters. The highest BCUT2D eigenvalue weighted by molar-refractivity contribution is 5.74. The smallest absolute Gasteiger partial charge is 0.315 e. The van der Waals surface area contributed by atoms with Crippen LogP contribution in [0.1, 0.15) is 65.2 Å². The van der Waals surface area contributed by atoms with Crippen molar-refractivity contribution < 1.29 is 14.6 Å². The van der Waals surface area contributed by atoms with Crippen molar-refractivity contribution in [3.8, 4) is 0 Å². The summed E-state index contributed by atoms with van der Waals surface area (Å²) in [6.07, 6.45) is 7.94. The van der Waals surface area contributed by atoms with Gasteiger partial charge in [0.2, 0.25) is 0 Å². The Morgan fingerprint density at radius 3 is 2.64 bits per heavy atom. The maximum absolute atomic E-state index is 12.2. The maximum atomic E-state index is 12.2. The number of carbonyl (C=O) groups excluding carboxylic acids is 1. The fourth-order valence-corrected chi connectivity index (χ4v) is 4.05. The monoisotopic (exact) mass is 312 g/mol. The van der Waals surface area contributed by atoms with Crippen LogP contribution in [0.2, 0.25) is 0 Å². The molecule has 1 aliphatic heterocycles. The van der Waals surface area contributed by atoms with Crippen molar-refractivity contribution in [2.45, 2.75) is 83.0 Å². The third-order valence-electron chi connectivity index (χ3n) is 5.11. The van der Waals surface area contributed by atoms with Gasteiger partial charge in [0, 0.05) is 25.1 Å². The number of hydrogen-bond donors (Lipinski definition) is 3. The molecule has 3 atom stereocenters. The molecule has 0 aromatic heterocycles. The molecule has 1 saturated carbocycles. The molecule has 0 aromatic carbocycles. The van der Waals surface area contributed by atoms with Crippen molar-refractivity contribution in [1.29, 1.82) is 0 Å². The van der Waals surface area contributed by atoms with Crippen molar-refractivity contribution in [2.75, 3.05) is 13.2 Å². The predicted molar refractivity (Wildman–Crippen MR) is 86.8 cm³/mol. The fourth-order valence-electron chi connectivity index (χ4n) is 4.05. The SMILES string of the molecule is CCCC(O)(CCC)CNC(=O)NC1CCCC2OCCC12. The lowest BCUT2D eigenvalue weighted by molar-refractivity contribution is 0.0234. The summed E-state index contributed by atoms with van der Waals surface area (Å²) in [5.41, 5.74) is -0.771. The summed E-state index contributed by atoms with van der Waals surface area (Å²) in [6, 6.07) is 0.0647. The van der Waals surface area contributed by atoms with E-state index in [1.807, 2.05) is 0 Å². The van der Waals surface area contributed by atoms with Crippen molar-refractivity contribution in [3.63, 3.8) is 0 Å². The molecule has 2 rings (SSSR count). The first-order valence-corrected chi connectivity index (χ1v) is 8.96. The summed E-state index contributed by atoms with van der Waals surface area (Å²) in [5, 5.41) is 16.5. The van der Waals surface area contributed by atoms with Crippen LogP contribution in [0.5, 0.6) is 0 Å². The maximum Gasteiger partial charge on any atom is 0.315 e. The second-order valence-corrected chi connectivity index (χ2v) is 6.95. The van der Waals surface area contributed by atoms with Crippen LogP contribution in [0.25, 0.3) is 0 Å². The molecular formula is C17H32N2O3. The van der Waals surface area contributed by atoms with Crippen LogP contribution in [-0.2, 0) is 4.74 Å². The molecule has 1 heterocycles. The van der Waals surface area contributed by atoms with Crippen LogP contribution in [0, 0.1) is 5.92 Å². The molecule has 3 N–H and O–H groups in total. The molecule has 0 aromatic rings. The first-order valence-electron chi connectivity index (χ1n) is 8.96. The van der Waals surface area contributed by atoms with Crippen LogP contribution in [0.15, 0.2) is 0 Å². The van der Waals surface area contributed by atoms with E-state index in [0.29, 0.717) is 18.6 Å². The van der Waals surface area contributed by atoms with E-state index in [0.717, 1.165) is 58.0 Å². The van der Waals surface area contributed by atoms with Gasteiger partial charge in [0.15, 0.2) is 0 Å². The summed E-state index contributed by atoms with van der Waals surface area (Å²) in [5.74, 6) is 0.463. The third kappa shape index (κ3) is 4.59. The van der Waals surface area contributed by atoms with Gasteiger partial charge in [0.25, 0.3) is 0 Å². The van der Waals surface area contributed by atoms with Gasteiger partial charge in [-0.1, -0.05) is 26.7 Å². The second-order valence-electron chi connectivity index (χ2n) is 6.95. The number of ether oxygens (including phenoxy) is 1. The summed E-state index contributed by atoms with van der Waals surface area (Å²) in [6.45, 7) is 5.27. The summed E-state index contributed by atoms with van der Waals surface area (Å²) in [4.78, 5) is 12.2. The molecule has 0 radical (unpaired) electrons.